The number of nitrogens with zero attached hydrogens (tertiary/aromatic N) is 4. The fourth-order valence-electron chi connectivity index (χ4n) is 1.36. The lowest BCUT2D eigenvalue weighted by Crippen LogP contribution is -2.03. The number of hydrogen-bond acceptors (Lipinski definition) is 6. The summed E-state index contributed by atoms with van der Waals surface area (Å²) in [5.41, 5.74) is 7.57. The number of imidazole rings is 1. The van der Waals surface area contributed by atoms with Crippen LogP contribution in [0, 0.1) is 0 Å². The van der Waals surface area contributed by atoms with Crippen LogP contribution in [0.1, 0.15) is 19.2 Å². The molecule has 2 aromatic heterocycles. The van der Waals surface area contributed by atoms with Crippen molar-refractivity contribution in [2.45, 2.75) is 19.8 Å². The number of anilines is 1. The van der Waals surface area contributed by atoms with E-state index in [4.69, 9.17) is 10.9 Å². The second kappa shape index (κ2) is 4.13. The number of nitrogens with two attached hydrogens (primary N) is 1. The van der Waals surface area contributed by atoms with Gasteiger partial charge in [0.15, 0.2) is 11.5 Å². The number of fused-ring (bicyclic) bond motifs is 1. The molecule has 0 fully saturated rings. The third kappa shape index (κ3) is 1.92. The molecule has 0 amide bonds. The highest BCUT2D eigenvalue weighted by Crippen LogP contribution is 2.13. The zero-order valence-corrected chi connectivity index (χ0v) is 8.80. The summed E-state index contributed by atoms with van der Waals surface area (Å²) >= 11 is 0. The number of aromatic nitrogens is 4. The van der Waals surface area contributed by atoms with E-state index < -0.39 is 0 Å². The quantitative estimate of drug-likeness (QED) is 0.400. The number of H-pyrrole nitrogens is 1. The summed E-state index contributed by atoms with van der Waals surface area (Å²) < 4.78 is 0. The Morgan fingerprint density at radius 3 is 3.12 bits per heavy atom. The van der Waals surface area contributed by atoms with Crippen molar-refractivity contribution < 1.29 is 5.21 Å². The lowest BCUT2D eigenvalue weighted by atomic mass is 10.2. The Hall–Kier alpha value is -2.18. The number of aryl methyl sites for hydroxylation is 1. The van der Waals surface area contributed by atoms with E-state index >= 15 is 0 Å². The molecule has 0 aliphatic heterocycles. The molecule has 0 unspecified atom stereocenters. The van der Waals surface area contributed by atoms with Crippen LogP contribution in [-0.2, 0) is 6.42 Å². The Labute approximate surface area is 91.4 Å². The largest absolute Gasteiger partial charge is 0.411 e. The van der Waals surface area contributed by atoms with Gasteiger partial charge in [-0.3, -0.25) is 0 Å². The van der Waals surface area contributed by atoms with Crippen LogP contribution in [0.2, 0.25) is 0 Å². The van der Waals surface area contributed by atoms with E-state index in [1.165, 1.54) is 6.33 Å². The average Bonchev–Trinajstić information content (AvgIpc) is 2.74. The Balaban J connectivity index is 2.25. The fraction of sp³-hybridized carbons (Fsp3) is 0.333. The van der Waals surface area contributed by atoms with Crippen molar-refractivity contribution >= 4 is 22.7 Å². The van der Waals surface area contributed by atoms with Crippen molar-refractivity contribution in [3.63, 3.8) is 0 Å². The molecular formula is C9H12N6O. The van der Waals surface area contributed by atoms with Crippen LogP contribution in [0.25, 0.3) is 11.2 Å². The fourth-order valence-corrected chi connectivity index (χ4v) is 1.36. The van der Waals surface area contributed by atoms with E-state index in [0.717, 1.165) is 0 Å². The maximum atomic E-state index is 8.51. The predicted molar refractivity (Wildman–Crippen MR) is 59.3 cm³/mol. The number of aromatic amines is 1. The van der Waals surface area contributed by atoms with Gasteiger partial charge < -0.3 is 15.9 Å². The highest BCUT2D eigenvalue weighted by molar-refractivity contribution is 5.82. The minimum atomic E-state index is 0.385. The van der Waals surface area contributed by atoms with Gasteiger partial charge in [0.25, 0.3) is 0 Å². The second-order valence-corrected chi connectivity index (χ2v) is 3.46. The molecule has 0 saturated heterocycles. The summed E-state index contributed by atoms with van der Waals surface area (Å²) in [6.45, 7) is 1.73. The molecular weight excluding hydrogens is 208 g/mol. The summed E-state index contributed by atoms with van der Waals surface area (Å²) in [5, 5.41) is 11.6. The molecule has 0 aromatic carbocycles. The summed E-state index contributed by atoms with van der Waals surface area (Å²) in [4.78, 5) is 15.3. The molecule has 0 aliphatic carbocycles. The van der Waals surface area contributed by atoms with E-state index in [2.05, 4.69) is 25.1 Å². The van der Waals surface area contributed by atoms with E-state index in [-0.39, 0.29) is 0 Å². The van der Waals surface area contributed by atoms with Gasteiger partial charge in [0.1, 0.15) is 11.3 Å². The van der Waals surface area contributed by atoms with Gasteiger partial charge in [0.05, 0.1) is 12.0 Å². The van der Waals surface area contributed by atoms with Gasteiger partial charge in [-0.15, -0.1) is 0 Å². The average molecular weight is 220 g/mol. The third-order valence-corrected chi connectivity index (χ3v) is 2.24. The summed E-state index contributed by atoms with van der Waals surface area (Å²) in [7, 11) is 0. The first-order valence-electron chi connectivity index (χ1n) is 4.83. The Morgan fingerprint density at radius 1 is 1.56 bits per heavy atom. The minimum absolute atomic E-state index is 0.385. The Kier molecular flexibility index (Phi) is 2.67. The van der Waals surface area contributed by atoms with E-state index in [1.807, 2.05) is 0 Å². The zero-order chi connectivity index (χ0) is 11.5. The number of nitrogen functional groups attached to an aromatic ring is 1. The number of nitrogens with one attached hydrogen (secondary N) is 1. The van der Waals surface area contributed by atoms with Crippen molar-refractivity contribution in [1.82, 2.24) is 19.9 Å². The van der Waals surface area contributed by atoms with Crippen LogP contribution in [0.4, 0.5) is 5.82 Å². The van der Waals surface area contributed by atoms with Crippen molar-refractivity contribution in [3.05, 3.63) is 12.2 Å². The van der Waals surface area contributed by atoms with Crippen LogP contribution >= 0.6 is 0 Å². The monoisotopic (exact) mass is 220 g/mol. The van der Waals surface area contributed by atoms with Crippen LogP contribution < -0.4 is 5.73 Å². The van der Waals surface area contributed by atoms with Gasteiger partial charge in [0, 0.05) is 6.42 Å². The molecule has 0 spiro atoms. The predicted octanol–water partition coefficient (Wildman–Crippen LogP) is 0.718. The molecule has 0 aliphatic rings. The van der Waals surface area contributed by atoms with Gasteiger partial charge in [-0.25, -0.2) is 15.0 Å². The molecule has 0 saturated carbocycles. The number of rotatable bonds is 3. The number of oxime groups is 1. The molecule has 16 heavy (non-hydrogen) atoms. The smallest absolute Gasteiger partial charge is 0.183 e. The van der Waals surface area contributed by atoms with E-state index in [0.29, 0.717) is 41.4 Å². The summed E-state index contributed by atoms with van der Waals surface area (Å²) in [6.07, 6.45) is 2.69. The first kappa shape index (κ1) is 10.3. The van der Waals surface area contributed by atoms with Gasteiger partial charge in [0.2, 0.25) is 0 Å². The minimum Gasteiger partial charge on any atom is -0.411 e. The summed E-state index contributed by atoms with van der Waals surface area (Å²) in [6, 6.07) is 0. The van der Waals surface area contributed by atoms with Crippen molar-refractivity contribution in [2.24, 2.45) is 5.16 Å². The second-order valence-electron chi connectivity index (χ2n) is 3.46. The van der Waals surface area contributed by atoms with E-state index in [1.54, 1.807) is 6.92 Å². The molecule has 2 rings (SSSR count). The van der Waals surface area contributed by atoms with Crippen LogP contribution in [0.3, 0.4) is 0 Å². The maximum absolute atomic E-state index is 8.51. The van der Waals surface area contributed by atoms with Gasteiger partial charge in [-0.1, -0.05) is 5.16 Å². The van der Waals surface area contributed by atoms with Crippen LogP contribution in [0.15, 0.2) is 11.5 Å². The first-order valence-corrected chi connectivity index (χ1v) is 4.83. The van der Waals surface area contributed by atoms with Gasteiger partial charge >= 0.3 is 0 Å². The van der Waals surface area contributed by atoms with Crippen LogP contribution in [-0.4, -0.2) is 30.9 Å². The lowest BCUT2D eigenvalue weighted by molar-refractivity contribution is 0.317. The van der Waals surface area contributed by atoms with E-state index in [9.17, 15) is 0 Å². The standard InChI is InChI=1S/C9H12N6O/c1-5(15-16)2-3-6-13-8(10)7-9(14-6)12-4-11-7/h4,16H,2-3H2,1H3,(H3,10,11,12,13,14)/b15-5-. The molecule has 4 N–H and O–H groups in total. The molecule has 2 aromatic rings. The highest BCUT2D eigenvalue weighted by atomic mass is 16.4. The normalized spacial score (nSPS) is 12.2. The summed E-state index contributed by atoms with van der Waals surface area (Å²) in [5.74, 6) is 0.983. The van der Waals surface area contributed by atoms with Crippen molar-refractivity contribution in [2.75, 3.05) is 5.73 Å². The Morgan fingerprint density at radius 2 is 2.38 bits per heavy atom. The topological polar surface area (TPSA) is 113 Å². The number of hydrogen-bond donors (Lipinski definition) is 3. The van der Waals surface area contributed by atoms with Gasteiger partial charge in [-0.2, -0.15) is 0 Å². The molecule has 2 heterocycles. The van der Waals surface area contributed by atoms with Crippen molar-refractivity contribution in [3.8, 4) is 0 Å². The molecule has 0 atom stereocenters. The molecule has 0 bridgehead atoms. The third-order valence-electron chi connectivity index (χ3n) is 2.24. The SMILES string of the molecule is C/C(CCc1nc(N)c2[nH]cnc2n1)=N/O. The maximum Gasteiger partial charge on any atom is 0.183 e. The van der Waals surface area contributed by atoms with Gasteiger partial charge in [-0.05, 0) is 13.3 Å². The highest BCUT2D eigenvalue weighted by Gasteiger charge is 2.07. The van der Waals surface area contributed by atoms with Crippen molar-refractivity contribution in [1.29, 1.82) is 0 Å². The molecule has 84 valence electrons. The molecule has 0 radical (unpaired) electrons. The molecule has 7 heteroatoms. The van der Waals surface area contributed by atoms with Crippen LogP contribution in [0.5, 0.6) is 0 Å². The Bertz CT molecular complexity index is 532. The lowest BCUT2D eigenvalue weighted by Gasteiger charge is -2.01. The first-order chi connectivity index (χ1) is 7.70. The molecule has 7 nitrogen and oxygen atoms in total. The zero-order valence-electron chi connectivity index (χ0n) is 8.80.